The molecule has 148 valence electrons. The van der Waals surface area contributed by atoms with Gasteiger partial charge in [-0.15, -0.1) is 0 Å². The summed E-state index contributed by atoms with van der Waals surface area (Å²) < 4.78 is 2.29. The molecule has 1 fully saturated rings. The van der Waals surface area contributed by atoms with Gasteiger partial charge in [-0.05, 0) is 24.3 Å². The number of piperazine rings is 1. The summed E-state index contributed by atoms with van der Waals surface area (Å²) >= 11 is 0. The first kappa shape index (κ1) is 18.2. The minimum atomic E-state index is -0.354. The van der Waals surface area contributed by atoms with Crippen molar-refractivity contribution in [2.24, 2.45) is 0 Å². The van der Waals surface area contributed by atoms with Gasteiger partial charge in [0.25, 0.3) is 0 Å². The highest BCUT2D eigenvalue weighted by Crippen LogP contribution is 2.28. The first-order valence-electron chi connectivity index (χ1n) is 10.6. The van der Waals surface area contributed by atoms with Crippen molar-refractivity contribution in [1.29, 1.82) is 0 Å². The molecule has 1 atom stereocenters. The van der Waals surface area contributed by atoms with Crippen LogP contribution in [0.1, 0.15) is 0 Å². The van der Waals surface area contributed by atoms with Crippen LogP contribution in [-0.2, 0) is 6.54 Å². The van der Waals surface area contributed by atoms with E-state index in [-0.39, 0.29) is 6.10 Å². The predicted molar refractivity (Wildman–Crippen MR) is 120 cm³/mol. The molecule has 4 nitrogen and oxygen atoms in total. The Kier molecular flexibility index (Phi) is 4.96. The van der Waals surface area contributed by atoms with Crippen LogP contribution in [0.25, 0.3) is 21.8 Å². The van der Waals surface area contributed by atoms with E-state index in [9.17, 15) is 5.11 Å². The van der Waals surface area contributed by atoms with Crippen molar-refractivity contribution in [3.05, 3.63) is 78.9 Å². The van der Waals surface area contributed by atoms with E-state index < -0.39 is 0 Å². The third-order valence-corrected chi connectivity index (χ3v) is 6.19. The fraction of sp³-hybridized carbons (Fsp3) is 0.280. The van der Waals surface area contributed by atoms with Crippen LogP contribution in [0.5, 0.6) is 0 Å². The van der Waals surface area contributed by atoms with E-state index in [4.69, 9.17) is 0 Å². The minimum absolute atomic E-state index is 0.354. The Hall–Kier alpha value is -2.82. The Labute approximate surface area is 171 Å². The molecule has 0 unspecified atom stereocenters. The van der Waals surface area contributed by atoms with E-state index in [1.807, 2.05) is 0 Å². The quantitative estimate of drug-likeness (QED) is 0.553. The molecule has 2 heterocycles. The number of aliphatic hydroxyl groups is 1. The highest BCUT2D eigenvalue weighted by atomic mass is 16.3. The summed E-state index contributed by atoms with van der Waals surface area (Å²) in [5.74, 6) is 0. The number of hydrogen-bond acceptors (Lipinski definition) is 2. The molecular formula is C25H28N3O+. The maximum Gasteiger partial charge on any atom is 0.121 e. The topological polar surface area (TPSA) is 32.8 Å². The standard InChI is InChI=1S/C25H27N3O/c29-21(18-26-14-16-27(17-15-26)20-8-2-1-3-9-20)19-28-24-12-6-4-10-22(24)23-11-5-7-13-25(23)28/h1-13,21,29H,14-19H2/p+1/t21-/m0/s1. The zero-order chi connectivity index (χ0) is 19.6. The highest BCUT2D eigenvalue weighted by Gasteiger charge is 2.23. The Morgan fingerprint density at radius 1 is 0.759 bits per heavy atom. The number of para-hydroxylation sites is 3. The summed E-state index contributed by atoms with van der Waals surface area (Å²) in [6.45, 7) is 5.66. The first-order chi connectivity index (χ1) is 14.3. The summed E-state index contributed by atoms with van der Waals surface area (Å²) in [7, 11) is 0. The highest BCUT2D eigenvalue weighted by molar-refractivity contribution is 6.07. The lowest BCUT2D eigenvalue weighted by Gasteiger charge is -2.34. The van der Waals surface area contributed by atoms with E-state index in [1.165, 1.54) is 32.4 Å². The summed E-state index contributed by atoms with van der Waals surface area (Å²) in [5.41, 5.74) is 3.71. The normalized spacial score (nSPS) is 16.5. The number of aromatic nitrogens is 1. The third kappa shape index (κ3) is 3.61. The van der Waals surface area contributed by atoms with Crippen molar-refractivity contribution in [3.63, 3.8) is 0 Å². The molecule has 0 spiro atoms. The average molecular weight is 387 g/mol. The van der Waals surface area contributed by atoms with E-state index in [0.717, 1.165) is 32.7 Å². The van der Waals surface area contributed by atoms with Crippen LogP contribution >= 0.6 is 0 Å². The Bertz CT molecular complexity index is 1040. The first-order valence-corrected chi connectivity index (χ1v) is 10.6. The van der Waals surface area contributed by atoms with Crippen LogP contribution in [0.2, 0.25) is 0 Å². The number of fused-ring (bicyclic) bond motifs is 3. The zero-order valence-corrected chi connectivity index (χ0v) is 16.7. The lowest BCUT2D eigenvalue weighted by Crippen LogP contribution is -3.15. The number of quaternary nitrogens is 1. The van der Waals surface area contributed by atoms with Gasteiger partial charge in [-0.2, -0.15) is 0 Å². The smallest absolute Gasteiger partial charge is 0.121 e. The molecule has 1 aliphatic heterocycles. The van der Waals surface area contributed by atoms with Gasteiger partial charge in [0.15, 0.2) is 0 Å². The van der Waals surface area contributed by atoms with E-state index in [1.54, 1.807) is 0 Å². The zero-order valence-electron chi connectivity index (χ0n) is 16.7. The van der Waals surface area contributed by atoms with E-state index in [0.29, 0.717) is 6.54 Å². The number of benzene rings is 3. The number of nitrogens with zero attached hydrogens (tertiary/aromatic N) is 2. The van der Waals surface area contributed by atoms with Crippen molar-refractivity contribution >= 4 is 27.5 Å². The molecule has 0 bridgehead atoms. The summed E-state index contributed by atoms with van der Waals surface area (Å²) in [6, 6.07) is 27.6. The van der Waals surface area contributed by atoms with Crippen LogP contribution in [0, 0.1) is 0 Å². The van der Waals surface area contributed by atoms with Gasteiger partial charge in [0.1, 0.15) is 12.6 Å². The lowest BCUT2D eigenvalue weighted by molar-refractivity contribution is -0.903. The van der Waals surface area contributed by atoms with Crippen LogP contribution < -0.4 is 9.80 Å². The van der Waals surface area contributed by atoms with Gasteiger partial charge in [-0.25, -0.2) is 0 Å². The van der Waals surface area contributed by atoms with Gasteiger partial charge < -0.3 is 19.5 Å². The number of anilines is 1. The van der Waals surface area contributed by atoms with Crippen molar-refractivity contribution in [2.75, 3.05) is 37.6 Å². The van der Waals surface area contributed by atoms with Gasteiger partial charge in [0.05, 0.1) is 32.7 Å². The molecular weight excluding hydrogens is 358 g/mol. The molecule has 3 aromatic carbocycles. The number of nitrogens with one attached hydrogen (secondary N) is 1. The summed E-state index contributed by atoms with van der Waals surface area (Å²) in [5, 5.41) is 13.4. The largest absolute Gasteiger partial charge is 0.385 e. The van der Waals surface area contributed by atoms with Crippen molar-refractivity contribution in [2.45, 2.75) is 12.6 Å². The van der Waals surface area contributed by atoms with E-state index in [2.05, 4.69) is 88.3 Å². The van der Waals surface area contributed by atoms with Gasteiger partial charge >= 0.3 is 0 Å². The molecule has 4 heteroatoms. The van der Waals surface area contributed by atoms with Crippen LogP contribution in [0.15, 0.2) is 78.9 Å². The lowest BCUT2D eigenvalue weighted by atomic mass is 10.2. The van der Waals surface area contributed by atoms with Crippen LogP contribution in [0.4, 0.5) is 5.69 Å². The monoisotopic (exact) mass is 386 g/mol. The predicted octanol–water partition coefficient (Wildman–Crippen LogP) is 2.56. The van der Waals surface area contributed by atoms with Crippen LogP contribution in [-0.4, -0.2) is 48.5 Å². The molecule has 1 aromatic heterocycles. The fourth-order valence-electron chi connectivity index (χ4n) is 4.73. The molecule has 29 heavy (non-hydrogen) atoms. The summed E-state index contributed by atoms with van der Waals surface area (Å²) in [6.07, 6.45) is -0.354. The maximum atomic E-state index is 10.9. The number of rotatable bonds is 5. The molecule has 4 aromatic rings. The fourth-order valence-corrected chi connectivity index (χ4v) is 4.73. The van der Waals surface area contributed by atoms with Crippen molar-refractivity contribution in [3.8, 4) is 0 Å². The number of hydrogen-bond donors (Lipinski definition) is 2. The minimum Gasteiger partial charge on any atom is -0.385 e. The molecule has 0 amide bonds. The second-order valence-corrected chi connectivity index (χ2v) is 8.08. The average Bonchev–Trinajstić information content (AvgIpc) is 3.09. The Morgan fingerprint density at radius 2 is 1.31 bits per heavy atom. The van der Waals surface area contributed by atoms with Crippen LogP contribution in [0.3, 0.4) is 0 Å². The second-order valence-electron chi connectivity index (χ2n) is 8.08. The molecule has 1 saturated heterocycles. The van der Waals surface area contributed by atoms with Crippen molar-refractivity contribution in [1.82, 2.24) is 4.57 Å². The van der Waals surface area contributed by atoms with Gasteiger partial charge in [-0.1, -0.05) is 54.6 Å². The third-order valence-electron chi connectivity index (χ3n) is 6.19. The molecule has 0 radical (unpaired) electrons. The summed E-state index contributed by atoms with van der Waals surface area (Å²) in [4.78, 5) is 3.94. The molecule has 5 rings (SSSR count). The second kappa shape index (κ2) is 7.90. The molecule has 2 N–H and O–H groups in total. The molecule has 0 saturated carbocycles. The molecule has 1 aliphatic rings. The Balaban J connectivity index is 1.27. The van der Waals surface area contributed by atoms with Gasteiger partial charge in [-0.3, -0.25) is 0 Å². The maximum absolute atomic E-state index is 10.9. The Morgan fingerprint density at radius 3 is 1.93 bits per heavy atom. The van der Waals surface area contributed by atoms with Gasteiger partial charge in [0.2, 0.25) is 0 Å². The molecule has 0 aliphatic carbocycles. The van der Waals surface area contributed by atoms with Crippen molar-refractivity contribution < 1.29 is 10.0 Å². The number of aliphatic hydroxyl groups excluding tert-OH is 1. The van der Waals surface area contributed by atoms with E-state index >= 15 is 0 Å². The van der Waals surface area contributed by atoms with Gasteiger partial charge in [0, 0.05) is 27.5 Å². The SMILES string of the molecule is O[C@H](Cn1c2ccccc2c2ccccc21)C[NH+]1CCN(c2ccccc2)CC1.